The minimum atomic E-state index is 0.700. The first-order chi connectivity index (χ1) is 10.4. The fourth-order valence-electron chi connectivity index (χ4n) is 4.05. The SMILES string of the molecule is C1CCN(CC2CCN(CCNC3CCOCC3)CC2)C1. The van der Waals surface area contributed by atoms with Crippen LogP contribution in [-0.4, -0.2) is 74.9 Å². The Morgan fingerprint density at radius 3 is 2.29 bits per heavy atom. The Hall–Kier alpha value is -0.160. The molecular formula is C17H33N3O. The number of nitrogens with one attached hydrogen (secondary N) is 1. The molecule has 0 spiro atoms. The van der Waals surface area contributed by atoms with Gasteiger partial charge in [0.2, 0.25) is 0 Å². The summed E-state index contributed by atoms with van der Waals surface area (Å²) in [6.45, 7) is 11.0. The molecule has 4 heteroatoms. The van der Waals surface area contributed by atoms with E-state index in [-0.39, 0.29) is 0 Å². The lowest BCUT2D eigenvalue weighted by atomic mass is 9.96. The van der Waals surface area contributed by atoms with Crippen molar-refractivity contribution in [1.82, 2.24) is 15.1 Å². The lowest BCUT2D eigenvalue weighted by Gasteiger charge is -2.34. The van der Waals surface area contributed by atoms with Crippen LogP contribution in [0.1, 0.15) is 38.5 Å². The third-order valence-electron chi connectivity index (χ3n) is 5.50. The van der Waals surface area contributed by atoms with E-state index in [0.717, 1.165) is 25.7 Å². The molecule has 0 unspecified atom stereocenters. The highest BCUT2D eigenvalue weighted by molar-refractivity contribution is 4.78. The van der Waals surface area contributed by atoms with Gasteiger partial charge in [0.15, 0.2) is 0 Å². The minimum Gasteiger partial charge on any atom is -0.381 e. The monoisotopic (exact) mass is 295 g/mol. The van der Waals surface area contributed by atoms with Crippen LogP contribution in [0.5, 0.6) is 0 Å². The molecule has 3 rings (SSSR count). The van der Waals surface area contributed by atoms with Crippen molar-refractivity contribution in [2.75, 3.05) is 59.0 Å². The van der Waals surface area contributed by atoms with Crippen molar-refractivity contribution < 1.29 is 4.74 Å². The van der Waals surface area contributed by atoms with Crippen LogP contribution in [-0.2, 0) is 4.74 Å². The van der Waals surface area contributed by atoms with Crippen LogP contribution < -0.4 is 5.32 Å². The quantitative estimate of drug-likeness (QED) is 0.805. The van der Waals surface area contributed by atoms with Gasteiger partial charge in [-0.05, 0) is 70.6 Å². The fraction of sp³-hybridized carbons (Fsp3) is 1.00. The Morgan fingerprint density at radius 1 is 0.857 bits per heavy atom. The van der Waals surface area contributed by atoms with Gasteiger partial charge < -0.3 is 19.9 Å². The van der Waals surface area contributed by atoms with E-state index in [1.54, 1.807) is 0 Å². The van der Waals surface area contributed by atoms with E-state index in [1.165, 1.54) is 77.8 Å². The van der Waals surface area contributed by atoms with Crippen molar-refractivity contribution in [2.24, 2.45) is 5.92 Å². The number of hydrogen-bond donors (Lipinski definition) is 1. The zero-order chi connectivity index (χ0) is 14.3. The minimum absolute atomic E-state index is 0.700. The second kappa shape index (κ2) is 8.47. The lowest BCUT2D eigenvalue weighted by Crippen LogP contribution is -2.43. The summed E-state index contributed by atoms with van der Waals surface area (Å²) in [6, 6.07) is 0.700. The topological polar surface area (TPSA) is 27.7 Å². The normalized spacial score (nSPS) is 27.4. The molecule has 0 saturated carbocycles. The van der Waals surface area contributed by atoms with Crippen LogP contribution in [0.2, 0.25) is 0 Å². The first-order valence-corrected chi connectivity index (χ1v) is 9.16. The molecule has 21 heavy (non-hydrogen) atoms. The summed E-state index contributed by atoms with van der Waals surface area (Å²) in [5.74, 6) is 0.961. The highest BCUT2D eigenvalue weighted by Crippen LogP contribution is 2.20. The number of piperidine rings is 1. The van der Waals surface area contributed by atoms with E-state index in [1.807, 2.05) is 0 Å². The number of ether oxygens (including phenoxy) is 1. The van der Waals surface area contributed by atoms with Crippen LogP contribution in [0, 0.1) is 5.92 Å². The Bertz CT molecular complexity index is 280. The van der Waals surface area contributed by atoms with Crippen molar-refractivity contribution in [3.8, 4) is 0 Å². The standard InChI is InChI=1S/C17H33N3O/c1-2-9-20(8-1)15-16-3-10-19(11-4-16)12-7-18-17-5-13-21-14-6-17/h16-18H,1-15H2. The van der Waals surface area contributed by atoms with Crippen molar-refractivity contribution in [1.29, 1.82) is 0 Å². The Morgan fingerprint density at radius 2 is 1.57 bits per heavy atom. The maximum atomic E-state index is 5.41. The van der Waals surface area contributed by atoms with Gasteiger partial charge in [-0.1, -0.05) is 0 Å². The molecule has 0 radical (unpaired) electrons. The van der Waals surface area contributed by atoms with Gasteiger partial charge in [-0.2, -0.15) is 0 Å². The second-order valence-corrected chi connectivity index (χ2v) is 7.13. The third kappa shape index (κ3) is 5.20. The molecule has 0 atom stereocenters. The maximum absolute atomic E-state index is 5.41. The molecule has 0 aromatic heterocycles. The molecule has 1 N–H and O–H groups in total. The van der Waals surface area contributed by atoms with Gasteiger partial charge in [-0.3, -0.25) is 0 Å². The number of likely N-dealkylation sites (tertiary alicyclic amines) is 2. The molecule has 0 aromatic rings. The average molecular weight is 295 g/mol. The zero-order valence-electron chi connectivity index (χ0n) is 13.6. The molecule has 3 heterocycles. The van der Waals surface area contributed by atoms with Gasteiger partial charge in [0.1, 0.15) is 0 Å². The highest BCUT2D eigenvalue weighted by atomic mass is 16.5. The average Bonchev–Trinajstić information content (AvgIpc) is 3.03. The molecule has 4 nitrogen and oxygen atoms in total. The fourth-order valence-corrected chi connectivity index (χ4v) is 4.05. The van der Waals surface area contributed by atoms with E-state index in [9.17, 15) is 0 Å². The lowest BCUT2D eigenvalue weighted by molar-refractivity contribution is 0.0764. The van der Waals surface area contributed by atoms with Gasteiger partial charge in [0.05, 0.1) is 0 Å². The molecule has 3 aliphatic rings. The van der Waals surface area contributed by atoms with E-state index >= 15 is 0 Å². The van der Waals surface area contributed by atoms with E-state index in [0.29, 0.717) is 6.04 Å². The van der Waals surface area contributed by atoms with Gasteiger partial charge in [-0.15, -0.1) is 0 Å². The van der Waals surface area contributed by atoms with Crippen molar-refractivity contribution >= 4 is 0 Å². The van der Waals surface area contributed by atoms with Gasteiger partial charge in [0.25, 0.3) is 0 Å². The van der Waals surface area contributed by atoms with E-state index < -0.39 is 0 Å². The number of rotatable bonds is 6. The summed E-state index contributed by atoms with van der Waals surface area (Å²) in [5.41, 5.74) is 0. The Kier molecular flexibility index (Phi) is 6.34. The van der Waals surface area contributed by atoms with Gasteiger partial charge in [0, 0.05) is 38.9 Å². The molecule has 0 bridgehead atoms. The molecule has 3 saturated heterocycles. The van der Waals surface area contributed by atoms with Crippen molar-refractivity contribution in [3.05, 3.63) is 0 Å². The van der Waals surface area contributed by atoms with Crippen LogP contribution in [0.3, 0.4) is 0 Å². The summed E-state index contributed by atoms with van der Waals surface area (Å²) < 4.78 is 5.41. The van der Waals surface area contributed by atoms with Crippen molar-refractivity contribution in [2.45, 2.75) is 44.6 Å². The van der Waals surface area contributed by atoms with E-state index in [4.69, 9.17) is 4.74 Å². The molecule has 0 amide bonds. The summed E-state index contributed by atoms with van der Waals surface area (Å²) in [5, 5.41) is 3.71. The number of nitrogens with zero attached hydrogens (tertiary/aromatic N) is 2. The molecule has 3 aliphatic heterocycles. The largest absolute Gasteiger partial charge is 0.381 e. The molecule has 3 fully saturated rings. The van der Waals surface area contributed by atoms with Crippen LogP contribution in [0.15, 0.2) is 0 Å². The third-order valence-corrected chi connectivity index (χ3v) is 5.50. The van der Waals surface area contributed by atoms with E-state index in [2.05, 4.69) is 15.1 Å². The maximum Gasteiger partial charge on any atom is 0.0480 e. The highest BCUT2D eigenvalue weighted by Gasteiger charge is 2.22. The molecule has 0 aromatic carbocycles. The second-order valence-electron chi connectivity index (χ2n) is 7.13. The number of hydrogen-bond acceptors (Lipinski definition) is 4. The Labute approximate surface area is 130 Å². The first kappa shape index (κ1) is 15.7. The van der Waals surface area contributed by atoms with Gasteiger partial charge >= 0.3 is 0 Å². The van der Waals surface area contributed by atoms with Crippen molar-refractivity contribution in [3.63, 3.8) is 0 Å². The first-order valence-electron chi connectivity index (χ1n) is 9.16. The predicted octanol–water partition coefficient (Wildman–Crippen LogP) is 1.56. The zero-order valence-corrected chi connectivity index (χ0v) is 13.6. The summed E-state index contributed by atoms with van der Waals surface area (Å²) in [7, 11) is 0. The summed E-state index contributed by atoms with van der Waals surface area (Å²) >= 11 is 0. The van der Waals surface area contributed by atoms with Crippen LogP contribution >= 0.6 is 0 Å². The molecule has 122 valence electrons. The van der Waals surface area contributed by atoms with Crippen LogP contribution in [0.4, 0.5) is 0 Å². The summed E-state index contributed by atoms with van der Waals surface area (Å²) in [6.07, 6.45) is 8.06. The van der Waals surface area contributed by atoms with Crippen LogP contribution in [0.25, 0.3) is 0 Å². The molecule has 0 aliphatic carbocycles. The predicted molar refractivity (Wildman–Crippen MR) is 86.7 cm³/mol. The molecular weight excluding hydrogens is 262 g/mol. The summed E-state index contributed by atoms with van der Waals surface area (Å²) in [4.78, 5) is 5.35. The van der Waals surface area contributed by atoms with Gasteiger partial charge in [-0.25, -0.2) is 0 Å². The smallest absolute Gasteiger partial charge is 0.0480 e. The Balaban J connectivity index is 1.25.